The van der Waals surface area contributed by atoms with Gasteiger partial charge in [-0.1, -0.05) is 29.8 Å². The fourth-order valence-corrected chi connectivity index (χ4v) is 3.95. The van der Waals surface area contributed by atoms with Crippen LogP contribution < -0.4 is 10.1 Å². The van der Waals surface area contributed by atoms with E-state index in [4.69, 9.17) is 16.3 Å². The fraction of sp³-hybridized carbons (Fsp3) is 0.130. The van der Waals surface area contributed by atoms with Crippen LogP contribution in [0.5, 0.6) is 5.88 Å². The van der Waals surface area contributed by atoms with Gasteiger partial charge in [-0.3, -0.25) is 4.79 Å². The summed E-state index contributed by atoms with van der Waals surface area (Å²) in [5.41, 5.74) is -1.86. The molecule has 1 amide bonds. The Morgan fingerprint density at radius 2 is 1.78 bits per heavy atom. The first-order chi connectivity index (χ1) is 17.8. The zero-order valence-electron chi connectivity index (χ0n) is 18.9. The summed E-state index contributed by atoms with van der Waals surface area (Å²) >= 11 is 6.20. The van der Waals surface area contributed by atoms with E-state index in [0.29, 0.717) is 22.1 Å². The van der Waals surface area contributed by atoms with E-state index in [2.05, 4.69) is 30.6 Å². The van der Waals surface area contributed by atoms with Gasteiger partial charge in [0.15, 0.2) is 11.5 Å². The molecule has 5 rings (SSSR count). The maximum absolute atomic E-state index is 14.3. The van der Waals surface area contributed by atoms with Crippen molar-refractivity contribution >= 4 is 34.0 Å². The van der Waals surface area contributed by atoms with E-state index in [1.807, 2.05) is 0 Å². The zero-order chi connectivity index (χ0) is 26.2. The van der Waals surface area contributed by atoms with Crippen LogP contribution in [0.15, 0.2) is 61.3 Å². The smallest absolute Gasteiger partial charge is 0.434 e. The van der Waals surface area contributed by atoms with E-state index in [1.165, 1.54) is 30.9 Å². The summed E-state index contributed by atoms with van der Waals surface area (Å²) in [6.07, 6.45) is 1.22. The van der Waals surface area contributed by atoms with E-state index in [9.17, 15) is 18.0 Å². The Kier molecular flexibility index (Phi) is 6.21. The topological polar surface area (TPSA) is 113 Å². The normalized spacial score (nSPS) is 11.6. The summed E-state index contributed by atoms with van der Waals surface area (Å²) in [7, 11) is 0. The summed E-state index contributed by atoms with van der Waals surface area (Å²) in [6.45, 7) is 2.10. The third-order valence-corrected chi connectivity index (χ3v) is 5.50. The van der Waals surface area contributed by atoms with Crippen molar-refractivity contribution in [1.82, 2.24) is 34.7 Å². The van der Waals surface area contributed by atoms with Gasteiger partial charge in [0.25, 0.3) is 5.91 Å². The van der Waals surface area contributed by atoms with Crippen molar-refractivity contribution in [3.8, 4) is 17.4 Å². The lowest BCUT2D eigenvalue weighted by atomic mass is 10.1. The fourth-order valence-electron chi connectivity index (χ4n) is 3.71. The number of hydrogen-bond donors (Lipinski definition) is 1. The largest absolute Gasteiger partial charge is 0.478 e. The molecule has 0 aliphatic carbocycles. The van der Waals surface area contributed by atoms with Crippen molar-refractivity contribution in [1.29, 1.82) is 0 Å². The van der Waals surface area contributed by atoms with Crippen molar-refractivity contribution in [2.24, 2.45) is 0 Å². The van der Waals surface area contributed by atoms with Gasteiger partial charge < -0.3 is 10.1 Å². The number of ether oxygens (including phenoxy) is 1. The number of benzene rings is 1. The second kappa shape index (κ2) is 9.50. The maximum Gasteiger partial charge on any atom is 0.434 e. The lowest BCUT2D eigenvalue weighted by Crippen LogP contribution is -2.21. The molecule has 0 bridgehead atoms. The molecule has 0 radical (unpaired) electrons. The molecule has 14 heteroatoms. The molecule has 0 aliphatic heterocycles. The Labute approximate surface area is 211 Å². The van der Waals surface area contributed by atoms with E-state index in [1.54, 1.807) is 31.2 Å². The molecule has 4 heterocycles. The third-order valence-electron chi connectivity index (χ3n) is 5.22. The van der Waals surface area contributed by atoms with E-state index < -0.39 is 23.3 Å². The van der Waals surface area contributed by atoms with Crippen LogP contribution in [0.4, 0.5) is 18.9 Å². The molecule has 5 aromatic rings. The minimum absolute atomic E-state index is 0.0335. The van der Waals surface area contributed by atoms with Gasteiger partial charge in [-0.15, -0.1) is 4.80 Å². The first kappa shape index (κ1) is 24.2. The average Bonchev–Trinajstić information content (AvgIpc) is 3.55. The van der Waals surface area contributed by atoms with Crippen LogP contribution in [0.2, 0.25) is 5.02 Å². The van der Waals surface area contributed by atoms with Crippen molar-refractivity contribution in [2.75, 3.05) is 11.9 Å². The molecule has 188 valence electrons. The first-order valence-corrected chi connectivity index (χ1v) is 11.2. The number of nitrogens with zero attached hydrogens (tertiary/aromatic N) is 7. The molecule has 1 N–H and O–H groups in total. The molecular weight excluding hydrogens is 513 g/mol. The monoisotopic (exact) mass is 528 g/mol. The SMILES string of the molecule is CCOc1ncc(-n2ncc(C(=O)Nc3cnc(-n4nccn4)c(Cl)c3)c2C(F)(F)F)c2ccccc12. The van der Waals surface area contributed by atoms with Crippen molar-refractivity contribution in [3.63, 3.8) is 0 Å². The summed E-state index contributed by atoms with van der Waals surface area (Å²) in [5.74, 6) is -0.591. The molecule has 4 aromatic heterocycles. The van der Waals surface area contributed by atoms with Gasteiger partial charge in [-0.05, 0) is 19.1 Å². The minimum atomic E-state index is -4.92. The van der Waals surface area contributed by atoms with Gasteiger partial charge in [-0.2, -0.15) is 28.5 Å². The zero-order valence-corrected chi connectivity index (χ0v) is 19.7. The minimum Gasteiger partial charge on any atom is -0.478 e. The van der Waals surface area contributed by atoms with Gasteiger partial charge in [0.05, 0.1) is 59.6 Å². The van der Waals surface area contributed by atoms with Crippen LogP contribution in [-0.2, 0) is 6.18 Å². The third kappa shape index (κ3) is 4.56. The Bertz CT molecular complexity index is 1600. The summed E-state index contributed by atoms with van der Waals surface area (Å²) < 4.78 is 49.0. The highest BCUT2D eigenvalue weighted by atomic mass is 35.5. The lowest BCUT2D eigenvalue weighted by Gasteiger charge is -2.15. The molecule has 0 atom stereocenters. The van der Waals surface area contributed by atoms with Crippen LogP contribution in [0.3, 0.4) is 0 Å². The Morgan fingerprint density at radius 3 is 2.46 bits per heavy atom. The second-order valence-corrected chi connectivity index (χ2v) is 7.95. The molecule has 1 aromatic carbocycles. The number of pyridine rings is 2. The van der Waals surface area contributed by atoms with Gasteiger partial charge in [0.2, 0.25) is 5.88 Å². The number of rotatable bonds is 6. The number of halogens is 4. The maximum atomic E-state index is 14.3. The molecule has 0 saturated heterocycles. The summed E-state index contributed by atoms with van der Waals surface area (Å²) in [4.78, 5) is 22.4. The van der Waals surface area contributed by atoms with Crippen LogP contribution >= 0.6 is 11.6 Å². The average molecular weight is 529 g/mol. The lowest BCUT2D eigenvalue weighted by molar-refractivity contribution is -0.143. The predicted octanol–water partition coefficient (Wildman–Crippen LogP) is 4.72. The van der Waals surface area contributed by atoms with E-state index in [-0.39, 0.29) is 28.1 Å². The number of carbonyl (C=O) groups excluding carboxylic acids is 1. The number of hydrogen-bond acceptors (Lipinski definition) is 7. The van der Waals surface area contributed by atoms with Gasteiger partial charge in [0.1, 0.15) is 0 Å². The Hall–Kier alpha value is -4.52. The molecule has 0 unspecified atom stereocenters. The quantitative estimate of drug-likeness (QED) is 0.339. The number of anilines is 1. The van der Waals surface area contributed by atoms with Crippen LogP contribution in [-0.4, -0.2) is 47.3 Å². The van der Waals surface area contributed by atoms with E-state index in [0.717, 1.165) is 11.0 Å². The van der Waals surface area contributed by atoms with Crippen LogP contribution in [0, 0.1) is 0 Å². The Morgan fingerprint density at radius 1 is 1.05 bits per heavy atom. The first-order valence-electron chi connectivity index (χ1n) is 10.8. The number of alkyl halides is 3. The van der Waals surface area contributed by atoms with Crippen molar-refractivity contribution < 1.29 is 22.7 Å². The molecule has 0 aliphatic rings. The number of nitrogens with one attached hydrogen (secondary N) is 1. The highest BCUT2D eigenvalue weighted by Gasteiger charge is 2.41. The number of aromatic nitrogens is 7. The number of amides is 1. The number of carbonyl (C=O) groups is 1. The van der Waals surface area contributed by atoms with Gasteiger partial charge in [0, 0.05) is 10.8 Å². The summed E-state index contributed by atoms with van der Waals surface area (Å²) in [5, 5.41) is 15.1. The highest BCUT2D eigenvalue weighted by Crippen LogP contribution is 2.36. The molecule has 37 heavy (non-hydrogen) atoms. The molecule has 0 spiro atoms. The second-order valence-electron chi connectivity index (χ2n) is 7.55. The summed E-state index contributed by atoms with van der Waals surface area (Å²) in [6, 6.07) is 8.02. The molecular formula is C23H16ClF3N8O2. The Balaban J connectivity index is 1.54. The van der Waals surface area contributed by atoms with Crippen LogP contribution in [0.25, 0.3) is 22.3 Å². The van der Waals surface area contributed by atoms with Crippen molar-refractivity contribution in [2.45, 2.75) is 13.1 Å². The van der Waals surface area contributed by atoms with E-state index >= 15 is 0 Å². The van der Waals surface area contributed by atoms with Gasteiger partial charge >= 0.3 is 6.18 Å². The highest BCUT2D eigenvalue weighted by molar-refractivity contribution is 6.32. The standard InChI is InChI=1S/C23H16ClF3N8O2/c1-2-37-22-15-6-4-3-5-14(15)18(12-29-22)34-19(23(25,26)27)16(11-32-34)21(36)33-13-9-17(24)20(28-10-13)35-30-7-8-31-35/h3-12H,2H2,1H3,(H,33,36). The molecule has 10 nitrogen and oxygen atoms in total. The molecule has 0 fully saturated rings. The van der Waals surface area contributed by atoms with Gasteiger partial charge in [-0.25, -0.2) is 14.6 Å². The predicted molar refractivity (Wildman–Crippen MR) is 127 cm³/mol. The van der Waals surface area contributed by atoms with Crippen LogP contribution in [0.1, 0.15) is 23.0 Å². The van der Waals surface area contributed by atoms with Crippen molar-refractivity contribution in [3.05, 3.63) is 77.6 Å². The number of fused-ring (bicyclic) bond motifs is 1. The molecule has 0 saturated carbocycles.